The van der Waals surface area contributed by atoms with Crippen LogP contribution >= 0.6 is 11.8 Å². The van der Waals surface area contributed by atoms with Crippen LogP contribution in [-0.4, -0.2) is 38.8 Å². The number of ketones is 1. The van der Waals surface area contributed by atoms with Gasteiger partial charge in [0.2, 0.25) is 5.91 Å². The zero-order valence-corrected chi connectivity index (χ0v) is 20.6. The Kier molecular flexibility index (Phi) is 7.67. The molecule has 0 bridgehead atoms. The Balaban J connectivity index is 1.55. The minimum absolute atomic E-state index is 0.00608. The van der Waals surface area contributed by atoms with Gasteiger partial charge in [-0.05, 0) is 75.2 Å². The van der Waals surface area contributed by atoms with E-state index in [0.29, 0.717) is 22.3 Å². The Morgan fingerprint density at radius 1 is 1.03 bits per heavy atom. The van der Waals surface area contributed by atoms with Crippen molar-refractivity contribution in [2.45, 2.75) is 62.3 Å². The molecule has 3 aromatic rings. The molecule has 1 atom stereocenters. The van der Waals surface area contributed by atoms with Gasteiger partial charge in [0.1, 0.15) is 11.6 Å². The van der Waals surface area contributed by atoms with Crippen LogP contribution in [-0.2, 0) is 4.79 Å². The summed E-state index contributed by atoms with van der Waals surface area (Å²) in [5.74, 6) is 1.97. The molecule has 1 heterocycles. The van der Waals surface area contributed by atoms with E-state index in [1.807, 2.05) is 31.2 Å². The van der Waals surface area contributed by atoms with E-state index >= 15 is 0 Å². The molecule has 1 saturated carbocycles. The molecule has 0 aliphatic heterocycles. The fourth-order valence-corrected chi connectivity index (χ4v) is 5.08. The highest BCUT2D eigenvalue weighted by molar-refractivity contribution is 8.00. The smallest absolute Gasteiger partial charge is 0.237 e. The van der Waals surface area contributed by atoms with Gasteiger partial charge in [-0.3, -0.25) is 14.2 Å². The standard InChI is InChI=1S/C26H30N4O3S/c1-17(31)19-9-11-21(12-10-19)27-25(32)18(2)34-26-29-28-24(20-7-5-4-6-8-20)30(26)22-13-15-23(33-3)16-14-22/h9-16,18,20H,4-8H2,1-3H3,(H,27,32)/t18-/m1/s1. The van der Waals surface area contributed by atoms with Crippen LogP contribution < -0.4 is 10.1 Å². The van der Waals surface area contributed by atoms with E-state index in [0.717, 1.165) is 30.1 Å². The normalized spacial score (nSPS) is 15.0. The number of benzene rings is 2. The molecule has 0 unspecified atom stereocenters. The van der Waals surface area contributed by atoms with Crippen molar-refractivity contribution in [1.82, 2.24) is 14.8 Å². The second-order valence-electron chi connectivity index (χ2n) is 8.59. The van der Waals surface area contributed by atoms with Gasteiger partial charge in [-0.2, -0.15) is 0 Å². The van der Waals surface area contributed by atoms with Crippen molar-refractivity contribution in [2.24, 2.45) is 0 Å². The monoisotopic (exact) mass is 478 g/mol. The number of Topliss-reactive ketones (excluding diaryl/α,β-unsaturated/α-hetero) is 1. The first-order valence-electron chi connectivity index (χ1n) is 11.6. The van der Waals surface area contributed by atoms with E-state index in [9.17, 15) is 9.59 Å². The topological polar surface area (TPSA) is 86.1 Å². The summed E-state index contributed by atoms with van der Waals surface area (Å²) in [6, 6.07) is 14.8. The molecule has 2 aromatic carbocycles. The fourth-order valence-electron chi connectivity index (χ4n) is 4.20. The number of anilines is 1. The summed E-state index contributed by atoms with van der Waals surface area (Å²) in [5, 5.41) is 12.3. The SMILES string of the molecule is COc1ccc(-n2c(S[C@H](C)C(=O)Nc3ccc(C(C)=O)cc3)nnc2C2CCCCC2)cc1. The molecule has 1 amide bonds. The summed E-state index contributed by atoms with van der Waals surface area (Å²) < 4.78 is 7.41. The second kappa shape index (κ2) is 10.9. The Morgan fingerprint density at radius 2 is 1.71 bits per heavy atom. The number of thioether (sulfide) groups is 1. The van der Waals surface area contributed by atoms with Crippen LogP contribution in [0.25, 0.3) is 5.69 Å². The molecule has 8 heteroatoms. The van der Waals surface area contributed by atoms with Crippen LogP contribution in [0.4, 0.5) is 5.69 Å². The molecular formula is C26H30N4O3S. The first-order chi connectivity index (χ1) is 16.5. The van der Waals surface area contributed by atoms with E-state index in [1.165, 1.54) is 37.9 Å². The van der Waals surface area contributed by atoms with Crippen LogP contribution in [0.15, 0.2) is 53.7 Å². The van der Waals surface area contributed by atoms with Crippen molar-refractivity contribution < 1.29 is 14.3 Å². The highest BCUT2D eigenvalue weighted by atomic mass is 32.2. The van der Waals surface area contributed by atoms with Crippen LogP contribution in [0.5, 0.6) is 5.75 Å². The Morgan fingerprint density at radius 3 is 2.32 bits per heavy atom. The van der Waals surface area contributed by atoms with Gasteiger partial charge < -0.3 is 10.1 Å². The highest BCUT2D eigenvalue weighted by Crippen LogP contribution is 2.36. The highest BCUT2D eigenvalue weighted by Gasteiger charge is 2.26. The average molecular weight is 479 g/mol. The molecule has 1 aromatic heterocycles. The number of aromatic nitrogens is 3. The Bertz CT molecular complexity index is 1140. The quantitative estimate of drug-likeness (QED) is 0.333. The summed E-state index contributed by atoms with van der Waals surface area (Å²) >= 11 is 1.39. The third kappa shape index (κ3) is 5.50. The summed E-state index contributed by atoms with van der Waals surface area (Å²) in [6.07, 6.45) is 5.86. The number of nitrogens with one attached hydrogen (secondary N) is 1. The predicted molar refractivity (Wildman–Crippen MR) is 134 cm³/mol. The van der Waals surface area contributed by atoms with Crippen molar-refractivity contribution in [1.29, 1.82) is 0 Å². The maximum Gasteiger partial charge on any atom is 0.237 e. The van der Waals surface area contributed by atoms with E-state index in [1.54, 1.807) is 31.4 Å². The van der Waals surface area contributed by atoms with E-state index in [-0.39, 0.29) is 11.7 Å². The maximum atomic E-state index is 12.9. The van der Waals surface area contributed by atoms with Gasteiger partial charge in [0.25, 0.3) is 0 Å². The lowest BCUT2D eigenvalue weighted by molar-refractivity contribution is -0.115. The molecule has 1 aliphatic rings. The van der Waals surface area contributed by atoms with Gasteiger partial charge in [0, 0.05) is 22.9 Å². The maximum absolute atomic E-state index is 12.9. The van der Waals surface area contributed by atoms with Crippen molar-refractivity contribution in [3.63, 3.8) is 0 Å². The van der Waals surface area contributed by atoms with Gasteiger partial charge >= 0.3 is 0 Å². The third-order valence-electron chi connectivity index (χ3n) is 6.17. The van der Waals surface area contributed by atoms with Crippen LogP contribution in [0.3, 0.4) is 0 Å². The molecule has 4 rings (SSSR count). The van der Waals surface area contributed by atoms with Crippen molar-refractivity contribution >= 4 is 29.1 Å². The summed E-state index contributed by atoms with van der Waals surface area (Å²) in [6.45, 7) is 3.38. The number of methoxy groups -OCH3 is 1. The van der Waals surface area contributed by atoms with Crippen LogP contribution in [0.1, 0.15) is 68.1 Å². The van der Waals surface area contributed by atoms with Crippen molar-refractivity contribution in [3.05, 3.63) is 59.9 Å². The molecule has 0 saturated heterocycles. The van der Waals surface area contributed by atoms with Crippen LogP contribution in [0.2, 0.25) is 0 Å². The minimum Gasteiger partial charge on any atom is -0.497 e. The minimum atomic E-state index is -0.395. The molecule has 7 nitrogen and oxygen atoms in total. The number of nitrogens with zero attached hydrogens (tertiary/aromatic N) is 3. The number of rotatable bonds is 8. The molecule has 1 fully saturated rings. The number of hydrogen-bond acceptors (Lipinski definition) is 6. The molecule has 1 N–H and O–H groups in total. The lowest BCUT2D eigenvalue weighted by atomic mass is 9.88. The van der Waals surface area contributed by atoms with Crippen LogP contribution in [0, 0.1) is 0 Å². The Hall–Kier alpha value is -3.13. The van der Waals surface area contributed by atoms with Gasteiger partial charge in [-0.1, -0.05) is 31.0 Å². The molecule has 1 aliphatic carbocycles. The number of amides is 1. The lowest BCUT2D eigenvalue weighted by Gasteiger charge is -2.22. The van der Waals surface area contributed by atoms with Crippen molar-refractivity contribution in [3.8, 4) is 11.4 Å². The summed E-state index contributed by atoms with van der Waals surface area (Å²) in [7, 11) is 1.65. The van der Waals surface area contributed by atoms with Gasteiger partial charge in [0.15, 0.2) is 10.9 Å². The largest absolute Gasteiger partial charge is 0.497 e. The summed E-state index contributed by atoms with van der Waals surface area (Å²) in [4.78, 5) is 24.4. The van der Waals surface area contributed by atoms with Gasteiger partial charge in [-0.25, -0.2) is 0 Å². The predicted octanol–water partition coefficient (Wildman–Crippen LogP) is 5.65. The Labute approximate surface area is 204 Å². The molecule has 0 radical (unpaired) electrons. The number of carbonyl (C=O) groups excluding carboxylic acids is 2. The van der Waals surface area contributed by atoms with Gasteiger partial charge in [-0.15, -0.1) is 10.2 Å². The zero-order chi connectivity index (χ0) is 24.1. The molecule has 178 valence electrons. The third-order valence-corrected chi connectivity index (χ3v) is 7.21. The van der Waals surface area contributed by atoms with E-state index in [2.05, 4.69) is 20.1 Å². The molecule has 0 spiro atoms. The van der Waals surface area contributed by atoms with E-state index < -0.39 is 5.25 Å². The zero-order valence-electron chi connectivity index (χ0n) is 19.8. The number of hydrogen-bond donors (Lipinski definition) is 1. The van der Waals surface area contributed by atoms with Gasteiger partial charge in [0.05, 0.1) is 12.4 Å². The first-order valence-corrected chi connectivity index (χ1v) is 12.5. The van der Waals surface area contributed by atoms with E-state index in [4.69, 9.17) is 4.74 Å². The molecular weight excluding hydrogens is 448 g/mol. The number of ether oxygens (including phenoxy) is 1. The van der Waals surface area contributed by atoms with Crippen molar-refractivity contribution in [2.75, 3.05) is 12.4 Å². The first kappa shape index (κ1) is 24.0. The second-order valence-corrected chi connectivity index (χ2v) is 9.90. The lowest BCUT2D eigenvalue weighted by Crippen LogP contribution is -2.23. The average Bonchev–Trinajstić information content (AvgIpc) is 3.28. The summed E-state index contributed by atoms with van der Waals surface area (Å²) in [5.41, 5.74) is 2.23. The number of carbonyl (C=O) groups is 2. The fraction of sp³-hybridized carbons (Fsp3) is 0.385. The molecule has 34 heavy (non-hydrogen) atoms.